The van der Waals surface area contributed by atoms with Crippen molar-refractivity contribution in [3.63, 3.8) is 0 Å². The molecule has 2 saturated carbocycles. The fraction of sp³-hybridized carbons (Fsp3) is 0.667. The van der Waals surface area contributed by atoms with Crippen molar-refractivity contribution in [3.05, 3.63) is 23.3 Å². The highest BCUT2D eigenvalue weighted by Crippen LogP contribution is 2.45. The Hall–Kier alpha value is -2.78. The number of rotatable bonds is 8. The first-order valence-electron chi connectivity index (χ1n) is 13.3. The number of hydrogen-bond donors (Lipinski definition) is 1. The molecule has 10 heteroatoms. The molecule has 0 radical (unpaired) electrons. The number of alkyl halides is 3. The van der Waals surface area contributed by atoms with Gasteiger partial charge in [0.2, 0.25) is 5.91 Å². The summed E-state index contributed by atoms with van der Waals surface area (Å²) in [5.74, 6) is -1.09. The van der Waals surface area contributed by atoms with Gasteiger partial charge in [-0.1, -0.05) is 26.2 Å². The smallest absolute Gasteiger partial charge is 0.417 e. The predicted molar refractivity (Wildman–Crippen MR) is 132 cm³/mol. The van der Waals surface area contributed by atoms with E-state index >= 15 is 0 Å². The number of halogens is 3. The molecule has 3 amide bonds. The molecular formula is C27H36F3N3O4. The van der Waals surface area contributed by atoms with Gasteiger partial charge in [-0.15, -0.1) is 0 Å². The van der Waals surface area contributed by atoms with Crippen LogP contribution in [0, 0.1) is 5.92 Å². The molecule has 0 unspecified atom stereocenters. The highest BCUT2D eigenvalue weighted by atomic mass is 19.4. The summed E-state index contributed by atoms with van der Waals surface area (Å²) in [6, 6.07) is 1.93. The highest BCUT2D eigenvalue weighted by Gasteiger charge is 2.45. The Morgan fingerprint density at radius 3 is 2.41 bits per heavy atom. The number of ether oxygens (including phenoxy) is 1. The lowest BCUT2D eigenvalue weighted by molar-refractivity contribution is -0.138. The average Bonchev–Trinajstić information content (AvgIpc) is 3.68. The van der Waals surface area contributed by atoms with Crippen molar-refractivity contribution in [3.8, 4) is 5.75 Å². The summed E-state index contributed by atoms with van der Waals surface area (Å²) in [5.41, 5.74) is -2.81. The summed E-state index contributed by atoms with van der Waals surface area (Å²) < 4.78 is 48.6. The third-order valence-corrected chi connectivity index (χ3v) is 7.46. The van der Waals surface area contributed by atoms with Crippen LogP contribution in [0.15, 0.2) is 12.1 Å². The van der Waals surface area contributed by atoms with E-state index in [1.165, 1.54) is 18.7 Å². The Labute approximate surface area is 215 Å². The monoisotopic (exact) mass is 523 g/mol. The molecule has 37 heavy (non-hydrogen) atoms. The largest absolute Gasteiger partial charge is 0.476 e. The van der Waals surface area contributed by atoms with Crippen molar-refractivity contribution in [2.24, 2.45) is 5.92 Å². The van der Waals surface area contributed by atoms with Gasteiger partial charge in [-0.2, -0.15) is 13.2 Å². The molecule has 0 atom stereocenters. The first-order chi connectivity index (χ1) is 17.4. The van der Waals surface area contributed by atoms with E-state index < -0.39 is 34.7 Å². The van der Waals surface area contributed by atoms with Gasteiger partial charge >= 0.3 is 6.18 Å². The van der Waals surface area contributed by atoms with Crippen LogP contribution in [0.1, 0.15) is 88.1 Å². The van der Waals surface area contributed by atoms with Crippen LogP contribution in [0.4, 0.5) is 18.9 Å². The second-order valence-electron chi connectivity index (χ2n) is 10.8. The first kappa shape index (κ1) is 27.3. The van der Waals surface area contributed by atoms with E-state index in [1.807, 2.05) is 0 Å². The second-order valence-corrected chi connectivity index (χ2v) is 10.8. The van der Waals surface area contributed by atoms with Crippen LogP contribution in [0.3, 0.4) is 0 Å². The topological polar surface area (TPSA) is 79.0 Å². The van der Waals surface area contributed by atoms with Crippen molar-refractivity contribution in [2.75, 3.05) is 24.5 Å². The predicted octanol–water partition coefficient (Wildman–Crippen LogP) is 4.92. The molecule has 0 saturated heterocycles. The van der Waals surface area contributed by atoms with Gasteiger partial charge in [-0.25, -0.2) is 0 Å². The van der Waals surface area contributed by atoms with E-state index in [-0.39, 0.29) is 42.9 Å². The Morgan fingerprint density at radius 2 is 1.81 bits per heavy atom. The molecule has 0 bridgehead atoms. The maximum Gasteiger partial charge on any atom is 0.417 e. The van der Waals surface area contributed by atoms with Crippen molar-refractivity contribution in [1.29, 1.82) is 0 Å². The van der Waals surface area contributed by atoms with Crippen LogP contribution in [0.25, 0.3) is 0 Å². The van der Waals surface area contributed by atoms with E-state index in [1.54, 1.807) is 11.8 Å². The van der Waals surface area contributed by atoms with Crippen LogP contribution in [0.5, 0.6) is 5.75 Å². The number of carbonyl (C=O) groups is 3. The maximum atomic E-state index is 14.3. The zero-order valence-electron chi connectivity index (χ0n) is 21.7. The Kier molecular flexibility index (Phi) is 7.76. The number of nitrogens with zero attached hydrogens (tertiary/aromatic N) is 2. The molecule has 2 aliphatic carbocycles. The number of amides is 3. The molecule has 204 valence electrons. The molecule has 0 aromatic heterocycles. The van der Waals surface area contributed by atoms with Gasteiger partial charge in [0.25, 0.3) is 11.8 Å². The van der Waals surface area contributed by atoms with Gasteiger partial charge in [0, 0.05) is 32.1 Å². The molecule has 1 aromatic carbocycles. The summed E-state index contributed by atoms with van der Waals surface area (Å²) in [7, 11) is 0. The number of anilines is 1. The van der Waals surface area contributed by atoms with Crippen LogP contribution in [0.2, 0.25) is 0 Å². The molecule has 1 heterocycles. The first-order valence-corrected chi connectivity index (χ1v) is 13.3. The summed E-state index contributed by atoms with van der Waals surface area (Å²) in [6.45, 7) is 5.29. The van der Waals surface area contributed by atoms with Gasteiger partial charge in [0.15, 0.2) is 5.60 Å². The standard InChI is InChI=1S/C27H36F3N3O4/c1-4-23(34)31-12-13-32-21-14-19(20(27(28,29)30)15-22(21)37-26(2,3)25(32)36)24(35)33(16-17-10-11-17)18-8-6-5-7-9-18/h14-15,17-18H,4-13,16H2,1-3H3,(H,31,34). The highest BCUT2D eigenvalue weighted by molar-refractivity contribution is 6.05. The molecule has 0 spiro atoms. The van der Waals surface area contributed by atoms with Gasteiger partial charge in [0.1, 0.15) is 5.75 Å². The molecule has 1 aromatic rings. The summed E-state index contributed by atoms with van der Waals surface area (Å²) in [4.78, 5) is 41.7. The van der Waals surface area contributed by atoms with E-state index in [9.17, 15) is 27.6 Å². The minimum atomic E-state index is -4.78. The molecule has 3 aliphatic rings. The average molecular weight is 524 g/mol. The maximum absolute atomic E-state index is 14.3. The number of hydrogen-bond acceptors (Lipinski definition) is 4. The number of benzene rings is 1. The van der Waals surface area contributed by atoms with Crippen molar-refractivity contribution < 1.29 is 32.3 Å². The van der Waals surface area contributed by atoms with Crippen LogP contribution >= 0.6 is 0 Å². The molecule has 2 fully saturated rings. The quantitative estimate of drug-likeness (QED) is 0.525. The van der Waals surface area contributed by atoms with E-state index in [4.69, 9.17) is 4.74 Å². The van der Waals surface area contributed by atoms with Crippen molar-refractivity contribution in [2.45, 2.75) is 90.0 Å². The normalized spacial score (nSPS) is 19.7. The summed E-state index contributed by atoms with van der Waals surface area (Å²) >= 11 is 0. The van der Waals surface area contributed by atoms with Crippen molar-refractivity contribution >= 4 is 23.4 Å². The fourth-order valence-corrected chi connectivity index (χ4v) is 5.20. The number of nitrogens with one attached hydrogen (secondary N) is 1. The lowest BCUT2D eigenvalue weighted by Gasteiger charge is -2.40. The second kappa shape index (κ2) is 10.5. The van der Waals surface area contributed by atoms with Gasteiger partial charge in [0.05, 0.1) is 16.8 Å². The van der Waals surface area contributed by atoms with Crippen molar-refractivity contribution in [1.82, 2.24) is 10.2 Å². The van der Waals surface area contributed by atoms with Gasteiger partial charge < -0.3 is 19.9 Å². The van der Waals surface area contributed by atoms with Crippen LogP contribution in [-0.2, 0) is 15.8 Å². The lowest BCUT2D eigenvalue weighted by atomic mass is 9.92. The third-order valence-electron chi connectivity index (χ3n) is 7.46. The number of carbonyl (C=O) groups excluding carboxylic acids is 3. The Bertz CT molecular complexity index is 1050. The minimum Gasteiger partial charge on any atom is -0.476 e. The van der Waals surface area contributed by atoms with Gasteiger partial charge in [-0.05, 0) is 57.6 Å². The van der Waals surface area contributed by atoms with E-state index in [0.29, 0.717) is 12.5 Å². The van der Waals surface area contributed by atoms with Crippen LogP contribution in [-0.4, -0.2) is 53.9 Å². The third kappa shape index (κ3) is 6.04. The molecular weight excluding hydrogens is 487 g/mol. The van der Waals surface area contributed by atoms with Gasteiger partial charge in [-0.3, -0.25) is 14.4 Å². The Balaban J connectivity index is 1.75. The Morgan fingerprint density at radius 1 is 1.14 bits per heavy atom. The number of fused-ring (bicyclic) bond motifs is 1. The molecule has 7 nitrogen and oxygen atoms in total. The molecule has 1 aliphatic heterocycles. The minimum absolute atomic E-state index is 0.0395. The molecule has 4 rings (SSSR count). The molecule has 1 N–H and O–H groups in total. The zero-order chi connectivity index (χ0) is 27.0. The SMILES string of the molecule is CCC(=O)NCCN1C(=O)C(C)(C)Oc2cc(C(F)(F)F)c(C(=O)N(CC3CC3)C3CCCCC3)cc21. The fourth-order valence-electron chi connectivity index (χ4n) is 5.20. The zero-order valence-corrected chi connectivity index (χ0v) is 21.7. The lowest BCUT2D eigenvalue weighted by Crippen LogP contribution is -2.54. The van der Waals surface area contributed by atoms with E-state index in [2.05, 4.69) is 5.32 Å². The van der Waals surface area contributed by atoms with E-state index in [0.717, 1.165) is 57.1 Å². The summed E-state index contributed by atoms with van der Waals surface area (Å²) in [6.07, 6.45) is 1.95. The van der Waals surface area contributed by atoms with Crippen LogP contribution < -0.4 is 15.0 Å². The summed E-state index contributed by atoms with van der Waals surface area (Å²) in [5, 5.41) is 2.69.